The van der Waals surface area contributed by atoms with Crippen LogP contribution in [0, 0.1) is 31.1 Å². The number of hydrogen-bond acceptors (Lipinski definition) is 2. The molecule has 2 atom stereocenters. The van der Waals surface area contributed by atoms with Gasteiger partial charge in [0.25, 0.3) is 5.91 Å². The van der Waals surface area contributed by atoms with Crippen LogP contribution in [0.3, 0.4) is 0 Å². The molecule has 18 heavy (non-hydrogen) atoms. The van der Waals surface area contributed by atoms with Crippen molar-refractivity contribution >= 4 is 5.91 Å². The van der Waals surface area contributed by atoms with Crippen LogP contribution in [0.25, 0.3) is 0 Å². The number of nitriles is 1. The highest BCUT2D eigenvalue weighted by molar-refractivity contribution is 5.97. The summed E-state index contributed by atoms with van der Waals surface area (Å²) in [6, 6.07) is 8.14. The van der Waals surface area contributed by atoms with Crippen LogP contribution in [0.5, 0.6) is 0 Å². The molecule has 1 aliphatic carbocycles. The van der Waals surface area contributed by atoms with Crippen molar-refractivity contribution in [2.24, 2.45) is 5.92 Å². The summed E-state index contributed by atoms with van der Waals surface area (Å²) >= 11 is 0. The SMILES string of the molecule is Cc1cccc(C)c1C(=O)NC1CCCC1C#N. The first kappa shape index (κ1) is 12.6. The van der Waals surface area contributed by atoms with E-state index in [9.17, 15) is 4.79 Å². The van der Waals surface area contributed by atoms with Crippen LogP contribution in [0.15, 0.2) is 18.2 Å². The molecular formula is C15H18N2O. The van der Waals surface area contributed by atoms with E-state index >= 15 is 0 Å². The van der Waals surface area contributed by atoms with E-state index in [1.54, 1.807) is 0 Å². The van der Waals surface area contributed by atoms with Crippen molar-refractivity contribution in [3.05, 3.63) is 34.9 Å². The first-order valence-electron chi connectivity index (χ1n) is 6.40. The van der Waals surface area contributed by atoms with Gasteiger partial charge >= 0.3 is 0 Å². The summed E-state index contributed by atoms with van der Waals surface area (Å²) in [6.07, 6.45) is 2.83. The Balaban J connectivity index is 2.16. The van der Waals surface area contributed by atoms with Crippen molar-refractivity contribution in [2.45, 2.75) is 39.2 Å². The van der Waals surface area contributed by atoms with Crippen LogP contribution >= 0.6 is 0 Å². The van der Waals surface area contributed by atoms with Gasteiger partial charge in [-0.05, 0) is 44.2 Å². The fraction of sp³-hybridized carbons (Fsp3) is 0.467. The largest absolute Gasteiger partial charge is 0.348 e. The zero-order valence-corrected chi connectivity index (χ0v) is 10.9. The number of benzene rings is 1. The van der Waals surface area contributed by atoms with Gasteiger partial charge in [0.15, 0.2) is 0 Å². The van der Waals surface area contributed by atoms with Gasteiger partial charge in [-0.15, -0.1) is 0 Å². The highest BCUT2D eigenvalue weighted by Gasteiger charge is 2.29. The predicted octanol–water partition coefficient (Wildman–Crippen LogP) is 2.73. The van der Waals surface area contributed by atoms with Gasteiger partial charge in [-0.2, -0.15) is 5.26 Å². The Labute approximate surface area is 108 Å². The van der Waals surface area contributed by atoms with Gasteiger partial charge in [0, 0.05) is 11.6 Å². The van der Waals surface area contributed by atoms with E-state index in [-0.39, 0.29) is 17.9 Å². The van der Waals surface area contributed by atoms with Crippen LogP contribution in [-0.2, 0) is 0 Å². The van der Waals surface area contributed by atoms with Crippen molar-refractivity contribution < 1.29 is 4.79 Å². The summed E-state index contributed by atoms with van der Waals surface area (Å²) < 4.78 is 0. The second-order valence-electron chi connectivity index (χ2n) is 5.01. The second kappa shape index (κ2) is 5.22. The molecule has 2 rings (SSSR count). The maximum atomic E-state index is 12.3. The first-order chi connectivity index (χ1) is 8.63. The Hall–Kier alpha value is -1.82. The lowest BCUT2D eigenvalue weighted by Crippen LogP contribution is -2.37. The average Bonchev–Trinajstić information content (AvgIpc) is 2.76. The Morgan fingerprint density at radius 2 is 2.00 bits per heavy atom. The van der Waals surface area contributed by atoms with Gasteiger partial charge in [0.05, 0.1) is 12.0 Å². The van der Waals surface area contributed by atoms with Crippen LogP contribution in [0.4, 0.5) is 0 Å². The second-order valence-corrected chi connectivity index (χ2v) is 5.01. The molecule has 0 aliphatic heterocycles. The maximum Gasteiger partial charge on any atom is 0.252 e. The molecule has 0 spiro atoms. The average molecular weight is 242 g/mol. The monoisotopic (exact) mass is 242 g/mol. The number of aryl methyl sites for hydroxylation is 2. The lowest BCUT2D eigenvalue weighted by atomic mass is 10.0. The molecule has 1 aromatic rings. The van der Waals surface area contributed by atoms with Crippen molar-refractivity contribution in [3.8, 4) is 6.07 Å². The highest BCUT2D eigenvalue weighted by Crippen LogP contribution is 2.25. The van der Waals surface area contributed by atoms with Crippen LogP contribution in [0.2, 0.25) is 0 Å². The minimum absolute atomic E-state index is 0.0153. The molecule has 3 nitrogen and oxygen atoms in total. The molecule has 1 aromatic carbocycles. The Morgan fingerprint density at radius 3 is 2.61 bits per heavy atom. The topological polar surface area (TPSA) is 52.9 Å². The van der Waals surface area contributed by atoms with Crippen LogP contribution in [0.1, 0.15) is 40.7 Å². The molecule has 0 bridgehead atoms. The minimum Gasteiger partial charge on any atom is -0.348 e. The van der Waals surface area contributed by atoms with E-state index in [0.29, 0.717) is 0 Å². The number of carbonyl (C=O) groups is 1. The number of nitrogens with zero attached hydrogens (tertiary/aromatic N) is 1. The van der Waals surface area contributed by atoms with Crippen molar-refractivity contribution in [2.75, 3.05) is 0 Å². The van der Waals surface area contributed by atoms with Crippen molar-refractivity contribution in [3.63, 3.8) is 0 Å². The van der Waals surface area contributed by atoms with Gasteiger partial charge in [0.1, 0.15) is 0 Å². The van der Waals surface area contributed by atoms with E-state index in [1.165, 1.54) is 0 Å². The number of carbonyl (C=O) groups excluding carboxylic acids is 1. The van der Waals surface area contributed by atoms with E-state index in [2.05, 4.69) is 11.4 Å². The normalized spacial score (nSPS) is 22.5. The molecule has 1 fully saturated rings. The summed E-state index contributed by atoms with van der Waals surface area (Å²) in [6.45, 7) is 3.89. The number of nitrogens with one attached hydrogen (secondary N) is 1. The lowest BCUT2D eigenvalue weighted by Gasteiger charge is -2.17. The number of amides is 1. The summed E-state index contributed by atoms with van der Waals surface area (Å²) in [5.41, 5.74) is 2.72. The van der Waals surface area contributed by atoms with E-state index in [0.717, 1.165) is 36.0 Å². The first-order valence-corrected chi connectivity index (χ1v) is 6.40. The van der Waals surface area contributed by atoms with E-state index in [4.69, 9.17) is 5.26 Å². The quantitative estimate of drug-likeness (QED) is 0.867. The molecule has 94 valence electrons. The molecule has 0 radical (unpaired) electrons. The summed E-state index contributed by atoms with van der Waals surface area (Å²) in [7, 11) is 0. The fourth-order valence-corrected chi connectivity index (χ4v) is 2.70. The van der Waals surface area contributed by atoms with Gasteiger partial charge in [-0.3, -0.25) is 4.79 Å². The third kappa shape index (κ3) is 2.38. The van der Waals surface area contributed by atoms with Gasteiger partial charge in [-0.25, -0.2) is 0 Å². The van der Waals surface area contributed by atoms with Gasteiger partial charge < -0.3 is 5.32 Å². The molecule has 1 aliphatic rings. The summed E-state index contributed by atoms with van der Waals surface area (Å²) in [5, 5.41) is 12.0. The maximum absolute atomic E-state index is 12.3. The van der Waals surface area contributed by atoms with Crippen LogP contribution in [-0.4, -0.2) is 11.9 Å². The zero-order valence-electron chi connectivity index (χ0n) is 10.9. The smallest absolute Gasteiger partial charge is 0.252 e. The molecule has 0 saturated heterocycles. The molecule has 1 N–H and O–H groups in total. The molecule has 0 aromatic heterocycles. The van der Waals surface area contributed by atoms with Crippen molar-refractivity contribution in [1.29, 1.82) is 5.26 Å². The standard InChI is InChI=1S/C15H18N2O/c1-10-5-3-6-11(2)14(10)15(18)17-13-8-4-7-12(13)9-16/h3,5-6,12-13H,4,7-8H2,1-2H3,(H,17,18). The van der Waals surface area contributed by atoms with Gasteiger partial charge in [0.2, 0.25) is 0 Å². The molecule has 0 heterocycles. The fourth-order valence-electron chi connectivity index (χ4n) is 2.70. The zero-order chi connectivity index (χ0) is 13.1. The van der Waals surface area contributed by atoms with Crippen molar-refractivity contribution in [1.82, 2.24) is 5.32 Å². The molecule has 3 heteroatoms. The predicted molar refractivity (Wildman–Crippen MR) is 70.1 cm³/mol. The lowest BCUT2D eigenvalue weighted by molar-refractivity contribution is 0.0931. The third-order valence-corrected chi connectivity index (χ3v) is 3.71. The van der Waals surface area contributed by atoms with Crippen LogP contribution < -0.4 is 5.32 Å². The van der Waals surface area contributed by atoms with E-state index < -0.39 is 0 Å². The highest BCUT2D eigenvalue weighted by atomic mass is 16.1. The Kier molecular flexibility index (Phi) is 3.66. The minimum atomic E-state index is -0.0438. The summed E-state index contributed by atoms with van der Waals surface area (Å²) in [4.78, 5) is 12.3. The van der Waals surface area contributed by atoms with Gasteiger partial charge in [-0.1, -0.05) is 18.2 Å². The number of hydrogen-bond donors (Lipinski definition) is 1. The molecule has 1 saturated carbocycles. The van der Waals surface area contributed by atoms with E-state index in [1.807, 2.05) is 32.0 Å². The summed E-state index contributed by atoms with van der Waals surface area (Å²) in [5.74, 6) is -0.0731. The molecular weight excluding hydrogens is 224 g/mol. The number of rotatable bonds is 2. The Morgan fingerprint density at radius 1 is 1.33 bits per heavy atom. The Bertz CT molecular complexity index is 481. The molecule has 2 unspecified atom stereocenters. The third-order valence-electron chi connectivity index (χ3n) is 3.71. The molecule has 1 amide bonds.